The van der Waals surface area contributed by atoms with E-state index in [2.05, 4.69) is 19.2 Å². The molecule has 0 aromatic heterocycles. The SMILES string of the molecule is CCC(SC1=Nc2ccccc2C2=NC(CC(C)C)C(=O)N12)C(=O)Nc1ccc(Cl)cc1. The zero-order chi connectivity index (χ0) is 22.8. The molecule has 2 amide bonds. The number of nitrogens with zero attached hydrogens (tertiary/aromatic N) is 3. The largest absolute Gasteiger partial charge is 0.325 e. The van der Waals surface area contributed by atoms with Crippen LogP contribution in [-0.2, 0) is 9.59 Å². The Morgan fingerprint density at radius 3 is 2.59 bits per heavy atom. The van der Waals surface area contributed by atoms with Gasteiger partial charge in [0.15, 0.2) is 5.17 Å². The summed E-state index contributed by atoms with van der Waals surface area (Å²) in [5.41, 5.74) is 2.27. The molecule has 2 aromatic carbocycles. The molecule has 2 aliphatic heterocycles. The van der Waals surface area contributed by atoms with Gasteiger partial charge >= 0.3 is 0 Å². The number of hydrogen-bond acceptors (Lipinski definition) is 5. The molecule has 1 N–H and O–H groups in total. The van der Waals surface area contributed by atoms with E-state index < -0.39 is 11.3 Å². The lowest BCUT2D eigenvalue weighted by Gasteiger charge is -2.27. The van der Waals surface area contributed by atoms with Gasteiger partial charge in [0, 0.05) is 16.3 Å². The third kappa shape index (κ3) is 4.59. The monoisotopic (exact) mass is 468 g/mol. The molecule has 2 aromatic rings. The van der Waals surface area contributed by atoms with Crippen LogP contribution in [0.25, 0.3) is 0 Å². The molecule has 0 spiro atoms. The Morgan fingerprint density at radius 2 is 1.91 bits per heavy atom. The maximum atomic E-state index is 13.3. The highest BCUT2D eigenvalue weighted by Gasteiger charge is 2.42. The van der Waals surface area contributed by atoms with Gasteiger partial charge in [0.05, 0.1) is 10.9 Å². The maximum Gasteiger partial charge on any atom is 0.259 e. The lowest BCUT2D eigenvalue weighted by atomic mass is 10.0. The van der Waals surface area contributed by atoms with Gasteiger partial charge in [0.1, 0.15) is 11.9 Å². The Morgan fingerprint density at radius 1 is 1.19 bits per heavy atom. The maximum absolute atomic E-state index is 13.3. The van der Waals surface area contributed by atoms with E-state index in [-0.39, 0.29) is 11.8 Å². The lowest BCUT2D eigenvalue weighted by molar-refractivity contribution is -0.125. The van der Waals surface area contributed by atoms with E-state index >= 15 is 0 Å². The van der Waals surface area contributed by atoms with Crippen molar-refractivity contribution >= 4 is 57.6 Å². The van der Waals surface area contributed by atoms with E-state index in [1.807, 2.05) is 31.2 Å². The van der Waals surface area contributed by atoms with Gasteiger partial charge in [-0.25, -0.2) is 9.89 Å². The molecule has 0 saturated heterocycles. The summed E-state index contributed by atoms with van der Waals surface area (Å²) in [6.07, 6.45) is 1.25. The second-order valence-corrected chi connectivity index (χ2v) is 9.80. The fourth-order valence-electron chi connectivity index (χ4n) is 3.69. The number of fused-ring (bicyclic) bond motifs is 3. The number of nitrogens with one attached hydrogen (secondary N) is 1. The average Bonchev–Trinajstić information content (AvgIpc) is 3.09. The summed E-state index contributed by atoms with van der Waals surface area (Å²) in [5, 5.41) is 3.61. The van der Waals surface area contributed by atoms with Crippen LogP contribution in [0.4, 0.5) is 11.4 Å². The van der Waals surface area contributed by atoms with Crippen molar-refractivity contribution in [1.82, 2.24) is 4.90 Å². The number of thioether (sulfide) groups is 1. The minimum absolute atomic E-state index is 0.0811. The molecular formula is C24H25ClN4O2S. The number of amidine groups is 2. The summed E-state index contributed by atoms with van der Waals surface area (Å²) < 4.78 is 0. The van der Waals surface area contributed by atoms with E-state index in [4.69, 9.17) is 21.6 Å². The van der Waals surface area contributed by atoms with Gasteiger partial charge in [-0.15, -0.1) is 0 Å². The highest BCUT2D eigenvalue weighted by Crippen LogP contribution is 2.36. The Bertz CT molecular complexity index is 1100. The van der Waals surface area contributed by atoms with Crippen LogP contribution in [0.2, 0.25) is 5.02 Å². The molecule has 0 fully saturated rings. The number of benzene rings is 2. The van der Waals surface area contributed by atoms with Gasteiger partial charge in [0.25, 0.3) is 5.91 Å². The van der Waals surface area contributed by atoms with Gasteiger partial charge in [-0.1, -0.05) is 56.3 Å². The number of rotatable bonds is 6. The fraction of sp³-hybridized carbons (Fsp3) is 0.333. The summed E-state index contributed by atoms with van der Waals surface area (Å²) >= 11 is 7.23. The first-order valence-corrected chi connectivity index (χ1v) is 12.0. The summed E-state index contributed by atoms with van der Waals surface area (Å²) in [4.78, 5) is 37.3. The predicted octanol–water partition coefficient (Wildman–Crippen LogP) is 5.50. The van der Waals surface area contributed by atoms with Crippen molar-refractivity contribution in [2.45, 2.75) is 44.9 Å². The molecule has 4 rings (SSSR count). The second-order valence-electron chi connectivity index (χ2n) is 8.19. The topological polar surface area (TPSA) is 74.1 Å². The van der Waals surface area contributed by atoms with E-state index in [1.54, 1.807) is 29.2 Å². The minimum atomic E-state index is -0.426. The van der Waals surface area contributed by atoms with Crippen molar-refractivity contribution in [1.29, 1.82) is 0 Å². The van der Waals surface area contributed by atoms with Crippen LogP contribution in [-0.4, -0.2) is 39.0 Å². The van der Waals surface area contributed by atoms with E-state index in [0.717, 1.165) is 11.3 Å². The van der Waals surface area contributed by atoms with E-state index in [9.17, 15) is 9.59 Å². The standard InChI is InChI=1S/C24H25ClN4O2S/c1-4-20(22(30)26-16-11-9-15(25)10-12-16)32-24-28-18-8-6-5-7-17(18)21-27-19(13-14(2)3)23(31)29(21)24/h5-12,14,19-20H,4,13H2,1-3H3,(H,26,30). The summed E-state index contributed by atoms with van der Waals surface area (Å²) in [6, 6.07) is 14.2. The van der Waals surface area contributed by atoms with Gasteiger partial charge in [-0.2, -0.15) is 0 Å². The molecular weight excluding hydrogens is 444 g/mol. The number of carbonyl (C=O) groups excluding carboxylic acids is 2. The molecule has 8 heteroatoms. The average molecular weight is 469 g/mol. The Hall–Kier alpha value is -2.64. The normalized spacial score (nSPS) is 18.1. The third-order valence-electron chi connectivity index (χ3n) is 5.27. The van der Waals surface area contributed by atoms with Crippen LogP contribution in [0.1, 0.15) is 39.2 Å². The first kappa shape index (κ1) is 22.6. The number of hydrogen-bond donors (Lipinski definition) is 1. The van der Waals surface area contributed by atoms with Gasteiger partial charge < -0.3 is 5.32 Å². The summed E-state index contributed by atoms with van der Waals surface area (Å²) in [5.74, 6) is 0.737. The Kier molecular flexibility index (Phi) is 6.67. The van der Waals surface area contributed by atoms with Crippen LogP contribution in [0, 0.1) is 5.92 Å². The molecule has 2 unspecified atom stereocenters. The quantitative estimate of drug-likeness (QED) is 0.608. The van der Waals surface area contributed by atoms with Gasteiger partial charge in [0.2, 0.25) is 5.91 Å². The molecule has 2 aliphatic rings. The first-order valence-electron chi connectivity index (χ1n) is 10.7. The first-order chi connectivity index (χ1) is 15.4. The van der Waals surface area contributed by atoms with Crippen molar-refractivity contribution < 1.29 is 9.59 Å². The molecule has 2 atom stereocenters. The summed E-state index contributed by atoms with van der Waals surface area (Å²) in [6.45, 7) is 6.10. The number of aliphatic imine (C=N–C) groups is 2. The van der Waals surface area contributed by atoms with E-state index in [1.165, 1.54) is 11.8 Å². The molecule has 32 heavy (non-hydrogen) atoms. The van der Waals surface area contributed by atoms with Crippen molar-refractivity contribution in [2.75, 3.05) is 5.32 Å². The van der Waals surface area contributed by atoms with Crippen molar-refractivity contribution in [3.05, 3.63) is 59.1 Å². The molecule has 0 bridgehead atoms. The smallest absolute Gasteiger partial charge is 0.259 e. The van der Waals surface area contributed by atoms with Crippen LogP contribution in [0.5, 0.6) is 0 Å². The zero-order valence-corrected chi connectivity index (χ0v) is 19.8. The van der Waals surface area contributed by atoms with Crippen LogP contribution in [0.15, 0.2) is 58.5 Å². The van der Waals surface area contributed by atoms with Crippen molar-refractivity contribution in [3.63, 3.8) is 0 Å². The van der Waals surface area contributed by atoms with Crippen LogP contribution < -0.4 is 5.32 Å². The van der Waals surface area contributed by atoms with E-state index in [0.29, 0.717) is 40.5 Å². The Labute approximate surface area is 197 Å². The predicted molar refractivity (Wildman–Crippen MR) is 132 cm³/mol. The zero-order valence-electron chi connectivity index (χ0n) is 18.2. The minimum Gasteiger partial charge on any atom is -0.325 e. The molecule has 6 nitrogen and oxygen atoms in total. The molecule has 0 saturated carbocycles. The molecule has 0 aliphatic carbocycles. The Balaban J connectivity index is 1.61. The number of anilines is 1. The molecule has 166 valence electrons. The number of carbonyl (C=O) groups is 2. The molecule has 0 radical (unpaired) electrons. The number of halogens is 1. The highest BCUT2D eigenvalue weighted by molar-refractivity contribution is 8.15. The number of para-hydroxylation sites is 1. The molecule has 2 heterocycles. The van der Waals surface area contributed by atoms with Crippen LogP contribution >= 0.6 is 23.4 Å². The van der Waals surface area contributed by atoms with Crippen LogP contribution in [0.3, 0.4) is 0 Å². The van der Waals surface area contributed by atoms with Crippen molar-refractivity contribution in [2.24, 2.45) is 15.9 Å². The van der Waals surface area contributed by atoms with Crippen molar-refractivity contribution in [3.8, 4) is 0 Å². The summed E-state index contributed by atoms with van der Waals surface area (Å²) in [7, 11) is 0. The number of amides is 2. The van der Waals surface area contributed by atoms with Gasteiger partial charge in [-0.05, 0) is 55.2 Å². The van der Waals surface area contributed by atoms with Gasteiger partial charge in [-0.3, -0.25) is 14.6 Å². The highest BCUT2D eigenvalue weighted by atomic mass is 35.5. The second kappa shape index (κ2) is 9.46. The lowest BCUT2D eigenvalue weighted by Crippen LogP contribution is -2.42. The third-order valence-corrected chi connectivity index (χ3v) is 6.83. The fourth-order valence-corrected chi connectivity index (χ4v) is 4.83.